The van der Waals surface area contributed by atoms with Gasteiger partial charge in [-0.05, 0) is 62.3 Å². The third-order valence-electron chi connectivity index (χ3n) is 5.54. The molecule has 3 rings (SSSR count). The first-order chi connectivity index (χ1) is 13.3. The van der Waals surface area contributed by atoms with Crippen LogP contribution >= 0.6 is 0 Å². The van der Waals surface area contributed by atoms with Crippen molar-refractivity contribution in [3.05, 3.63) is 29.3 Å². The average molecular weight is 409 g/mol. The fourth-order valence-corrected chi connectivity index (χ4v) is 5.08. The van der Waals surface area contributed by atoms with E-state index in [2.05, 4.69) is 6.92 Å². The molecule has 1 amide bonds. The van der Waals surface area contributed by atoms with Gasteiger partial charge in [0.15, 0.2) is 6.61 Å². The van der Waals surface area contributed by atoms with Gasteiger partial charge < -0.3 is 9.64 Å². The maximum Gasteiger partial charge on any atom is 0.338 e. The Balaban J connectivity index is 1.66. The highest BCUT2D eigenvalue weighted by Gasteiger charge is 2.27. The molecule has 2 heterocycles. The van der Waals surface area contributed by atoms with Crippen LogP contribution in [0.25, 0.3) is 0 Å². The number of hydrogen-bond donors (Lipinski definition) is 0. The molecule has 8 heteroatoms. The molecule has 7 nitrogen and oxygen atoms in total. The van der Waals surface area contributed by atoms with Gasteiger partial charge in [0.1, 0.15) is 0 Å². The zero-order chi connectivity index (χ0) is 20.3. The summed E-state index contributed by atoms with van der Waals surface area (Å²) in [5.41, 5.74) is 1.76. The lowest BCUT2D eigenvalue weighted by atomic mass is 10.00. The standard InChI is InChI=1S/C20H28N2O5S/c1-3-17-8-4-5-11-21(17)19(23)14-27-20(24)16-9-10-18-15(13-16)7-6-12-22(18)28(2,25)26/h9-10,13,17H,3-8,11-12,14H2,1-2H3/t17-/m1/s1. The smallest absolute Gasteiger partial charge is 0.338 e. The van der Waals surface area contributed by atoms with Crippen LogP contribution in [0.1, 0.15) is 54.9 Å². The molecule has 0 aliphatic carbocycles. The van der Waals surface area contributed by atoms with Gasteiger partial charge in [0.05, 0.1) is 17.5 Å². The topological polar surface area (TPSA) is 84.0 Å². The van der Waals surface area contributed by atoms with Crippen molar-refractivity contribution >= 4 is 27.6 Å². The van der Waals surface area contributed by atoms with Crippen LogP contribution in [0.5, 0.6) is 0 Å². The van der Waals surface area contributed by atoms with E-state index in [-0.39, 0.29) is 18.6 Å². The molecular formula is C20H28N2O5S. The summed E-state index contributed by atoms with van der Waals surface area (Å²) in [4.78, 5) is 26.7. The van der Waals surface area contributed by atoms with Crippen molar-refractivity contribution in [3.8, 4) is 0 Å². The Kier molecular flexibility index (Phi) is 6.27. The number of anilines is 1. The second kappa shape index (κ2) is 8.51. The number of nitrogens with zero attached hydrogens (tertiary/aromatic N) is 2. The highest BCUT2D eigenvalue weighted by atomic mass is 32.2. The predicted molar refractivity (Wildman–Crippen MR) is 107 cm³/mol. The molecule has 0 bridgehead atoms. The molecule has 0 saturated carbocycles. The highest BCUT2D eigenvalue weighted by Crippen LogP contribution is 2.30. The Morgan fingerprint density at radius 3 is 2.68 bits per heavy atom. The minimum absolute atomic E-state index is 0.152. The van der Waals surface area contributed by atoms with E-state index in [9.17, 15) is 18.0 Å². The number of aryl methyl sites for hydroxylation is 1. The Labute approximate surface area is 166 Å². The molecule has 2 aliphatic heterocycles. The number of fused-ring (bicyclic) bond motifs is 1. The molecule has 0 radical (unpaired) electrons. The van der Waals surface area contributed by atoms with Crippen molar-refractivity contribution in [1.82, 2.24) is 4.90 Å². The Bertz CT molecular complexity index is 852. The molecule has 0 N–H and O–H groups in total. The number of hydrogen-bond acceptors (Lipinski definition) is 5. The van der Waals surface area contributed by atoms with Crippen LogP contribution < -0.4 is 4.31 Å². The molecule has 0 unspecified atom stereocenters. The highest BCUT2D eigenvalue weighted by molar-refractivity contribution is 7.92. The molecule has 1 atom stereocenters. The van der Waals surface area contributed by atoms with Crippen LogP contribution in [0.3, 0.4) is 0 Å². The number of esters is 1. The number of benzene rings is 1. The molecule has 1 aromatic carbocycles. The van der Waals surface area contributed by atoms with Crippen LogP contribution in [-0.4, -0.2) is 57.2 Å². The van der Waals surface area contributed by atoms with Crippen molar-refractivity contribution in [2.45, 2.75) is 51.5 Å². The van der Waals surface area contributed by atoms with Crippen molar-refractivity contribution in [2.24, 2.45) is 0 Å². The zero-order valence-electron chi connectivity index (χ0n) is 16.5. The minimum Gasteiger partial charge on any atom is -0.452 e. The summed E-state index contributed by atoms with van der Waals surface area (Å²) in [6, 6.07) is 5.11. The molecule has 1 aromatic rings. The van der Waals surface area contributed by atoms with Crippen LogP contribution in [0.15, 0.2) is 18.2 Å². The fraction of sp³-hybridized carbons (Fsp3) is 0.600. The van der Waals surface area contributed by atoms with Gasteiger partial charge in [-0.3, -0.25) is 9.10 Å². The zero-order valence-corrected chi connectivity index (χ0v) is 17.3. The van der Waals surface area contributed by atoms with Crippen molar-refractivity contribution < 1.29 is 22.7 Å². The number of piperidine rings is 1. The first-order valence-electron chi connectivity index (χ1n) is 9.88. The lowest BCUT2D eigenvalue weighted by Gasteiger charge is -2.35. The van der Waals surface area contributed by atoms with E-state index in [0.717, 1.165) is 37.8 Å². The van der Waals surface area contributed by atoms with Gasteiger partial charge in [-0.25, -0.2) is 13.2 Å². The van der Waals surface area contributed by atoms with E-state index in [0.29, 0.717) is 30.6 Å². The SMILES string of the molecule is CC[C@@H]1CCCCN1C(=O)COC(=O)c1ccc2c(c1)CCCN2S(C)(=O)=O. The summed E-state index contributed by atoms with van der Waals surface area (Å²) in [5.74, 6) is -0.709. The summed E-state index contributed by atoms with van der Waals surface area (Å²) < 4.78 is 30.5. The van der Waals surface area contributed by atoms with E-state index in [4.69, 9.17) is 4.74 Å². The molecule has 0 aromatic heterocycles. The van der Waals surface area contributed by atoms with Gasteiger partial charge in [-0.15, -0.1) is 0 Å². The van der Waals surface area contributed by atoms with Crippen LogP contribution in [0.2, 0.25) is 0 Å². The maximum absolute atomic E-state index is 12.5. The van der Waals surface area contributed by atoms with Gasteiger partial charge in [0, 0.05) is 19.1 Å². The predicted octanol–water partition coefficient (Wildman–Crippen LogP) is 2.35. The Morgan fingerprint density at radius 2 is 1.96 bits per heavy atom. The number of carbonyl (C=O) groups excluding carboxylic acids is 2. The number of amides is 1. The second-order valence-electron chi connectivity index (χ2n) is 7.50. The quantitative estimate of drug-likeness (QED) is 0.699. The minimum atomic E-state index is -3.35. The number of sulfonamides is 1. The lowest BCUT2D eigenvalue weighted by Crippen LogP contribution is -2.45. The molecule has 2 aliphatic rings. The number of likely N-dealkylation sites (tertiary alicyclic amines) is 1. The molecule has 0 spiro atoms. The third kappa shape index (κ3) is 4.48. The molecule has 1 fully saturated rings. The second-order valence-corrected chi connectivity index (χ2v) is 9.41. The van der Waals surface area contributed by atoms with E-state index < -0.39 is 16.0 Å². The molecular weight excluding hydrogens is 380 g/mol. The monoisotopic (exact) mass is 408 g/mol. The lowest BCUT2D eigenvalue weighted by molar-refractivity contribution is -0.138. The van der Waals surface area contributed by atoms with Gasteiger partial charge in [0.2, 0.25) is 10.0 Å². The summed E-state index contributed by atoms with van der Waals surface area (Å²) in [5, 5.41) is 0. The summed E-state index contributed by atoms with van der Waals surface area (Å²) in [6.45, 7) is 2.96. The van der Waals surface area contributed by atoms with Crippen molar-refractivity contribution in [2.75, 3.05) is 30.3 Å². The van der Waals surface area contributed by atoms with Gasteiger partial charge >= 0.3 is 5.97 Å². The van der Waals surface area contributed by atoms with Crippen LogP contribution in [-0.2, 0) is 26.0 Å². The maximum atomic E-state index is 12.5. The van der Waals surface area contributed by atoms with Crippen molar-refractivity contribution in [3.63, 3.8) is 0 Å². The number of rotatable bonds is 5. The Morgan fingerprint density at radius 1 is 1.18 bits per heavy atom. The first kappa shape index (κ1) is 20.6. The fourth-order valence-electron chi connectivity index (χ4n) is 4.08. The average Bonchev–Trinajstić information content (AvgIpc) is 2.70. The van der Waals surface area contributed by atoms with Gasteiger partial charge in [-0.2, -0.15) is 0 Å². The van der Waals surface area contributed by atoms with E-state index in [1.54, 1.807) is 18.2 Å². The van der Waals surface area contributed by atoms with E-state index >= 15 is 0 Å². The number of ether oxygens (including phenoxy) is 1. The molecule has 1 saturated heterocycles. The van der Waals surface area contributed by atoms with Gasteiger partial charge in [0.25, 0.3) is 5.91 Å². The van der Waals surface area contributed by atoms with Crippen molar-refractivity contribution in [1.29, 1.82) is 0 Å². The van der Waals surface area contributed by atoms with Crippen LogP contribution in [0.4, 0.5) is 5.69 Å². The largest absolute Gasteiger partial charge is 0.452 e. The van der Waals surface area contributed by atoms with E-state index in [1.807, 2.05) is 4.90 Å². The summed E-state index contributed by atoms with van der Waals surface area (Å²) in [7, 11) is -3.35. The molecule has 154 valence electrons. The van der Waals surface area contributed by atoms with Gasteiger partial charge in [-0.1, -0.05) is 6.92 Å². The molecule has 28 heavy (non-hydrogen) atoms. The Hall–Kier alpha value is -2.09. The third-order valence-corrected chi connectivity index (χ3v) is 6.72. The summed E-state index contributed by atoms with van der Waals surface area (Å²) >= 11 is 0. The number of carbonyl (C=O) groups is 2. The summed E-state index contributed by atoms with van der Waals surface area (Å²) in [6.07, 6.45) is 6.59. The normalized spacial score (nSPS) is 19.9. The van der Waals surface area contributed by atoms with Crippen LogP contribution in [0, 0.1) is 0 Å². The first-order valence-corrected chi connectivity index (χ1v) is 11.7. The van der Waals surface area contributed by atoms with E-state index in [1.165, 1.54) is 10.6 Å².